The average Bonchev–Trinajstić information content (AvgIpc) is 2.90. The van der Waals surface area contributed by atoms with Crippen molar-refractivity contribution < 1.29 is 4.39 Å². The minimum atomic E-state index is -0.349. The van der Waals surface area contributed by atoms with Crippen molar-refractivity contribution in [2.45, 2.75) is 26.1 Å². The molecule has 2 rings (SSSR count). The van der Waals surface area contributed by atoms with Gasteiger partial charge in [0.1, 0.15) is 5.82 Å². The molecule has 0 radical (unpaired) electrons. The lowest BCUT2D eigenvalue weighted by atomic mass is 10.1. The van der Waals surface area contributed by atoms with Gasteiger partial charge in [0.15, 0.2) is 0 Å². The summed E-state index contributed by atoms with van der Waals surface area (Å²) in [7, 11) is 0. The first-order chi connectivity index (χ1) is 9.19. The van der Waals surface area contributed by atoms with Crippen molar-refractivity contribution in [3.63, 3.8) is 0 Å². The summed E-state index contributed by atoms with van der Waals surface area (Å²) in [6.07, 6.45) is 3.62. The Balaban J connectivity index is 1.90. The van der Waals surface area contributed by atoms with Gasteiger partial charge in [-0.05, 0) is 25.1 Å². The third-order valence-corrected chi connectivity index (χ3v) is 2.84. The van der Waals surface area contributed by atoms with Crippen LogP contribution in [-0.2, 0) is 13.1 Å². The number of aromatic nitrogens is 2. The fourth-order valence-electron chi connectivity index (χ4n) is 1.80. The van der Waals surface area contributed by atoms with Crippen molar-refractivity contribution >= 4 is 0 Å². The fraction of sp³-hybridized carbons (Fsp3) is 0.286. The van der Waals surface area contributed by atoms with Crippen LogP contribution < -0.4 is 5.32 Å². The fourth-order valence-corrected chi connectivity index (χ4v) is 1.80. The monoisotopic (exact) mass is 258 g/mol. The summed E-state index contributed by atoms with van der Waals surface area (Å²) in [5, 5.41) is 16.0. The molecule has 0 aliphatic heterocycles. The largest absolute Gasteiger partial charge is 0.308 e. The molecule has 0 aliphatic carbocycles. The second kappa shape index (κ2) is 6.12. The number of hydrogen-bond donors (Lipinski definition) is 1. The van der Waals surface area contributed by atoms with Gasteiger partial charge in [-0.1, -0.05) is 6.07 Å². The molecule has 1 atom stereocenters. The van der Waals surface area contributed by atoms with Gasteiger partial charge < -0.3 is 5.32 Å². The maximum absolute atomic E-state index is 13.7. The Hall–Kier alpha value is -2.19. The zero-order valence-electron chi connectivity index (χ0n) is 10.7. The lowest BCUT2D eigenvalue weighted by Crippen LogP contribution is -2.30. The molecule has 0 unspecified atom stereocenters. The first kappa shape index (κ1) is 13.2. The van der Waals surface area contributed by atoms with Crippen LogP contribution in [0, 0.1) is 17.1 Å². The zero-order valence-corrected chi connectivity index (χ0v) is 10.7. The Morgan fingerprint density at radius 1 is 1.53 bits per heavy atom. The maximum Gasteiger partial charge on any atom is 0.129 e. The van der Waals surface area contributed by atoms with E-state index in [0.717, 1.165) is 6.54 Å². The van der Waals surface area contributed by atoms with E-state index >= 15 is 0 Å². The second-order valence-corrected chi connectivity index (χ2v) is 4.43. The van der Waals surface area contributed by atoms with Crippen molar-refractivity contribution in [1.29, 1.82) is 5.26 Å². The molecule has 1 aromatic heterocycles. The van der Waals surface area contributed by atoms with Crippen LogP contribution in [0.2, 0.25) is 0 Å². The Morgan fingerprint density at radius 3 is 3.00 bits per heavy atom. The van der Waals surface area contributed by atoms with E-state index in [0.29, 0.717) is 17.7 Å². The molecule has 0 fully saturated rings. The SMILES string of the molecule is C[C@H](Cn1cccn1)NCc1ccc(C#N)cc1F. The summed E-state index contributed by atoms with van der Waals surface area (Å²) in [4.78, 5) is 0. The van der Waals surface area contributed by atoms with E-state index in [9.17, 15) is 4.39 Å². The third kappa shape index (κ3) is 3.63. The predicted molar refractivity (Wildman–Crippen MR) is 69.6 cm³/mol. The van der Waals surface area contributed by atoms with Gasteiger partial charge in [0.25, 0.3) is 0 Å². The predicted octanol–water partition coefficient (Wildman–Crippen LogP) is 2.07. The van der Waals surface area contributed by atoms with Crippen molar-refractivity contribution in [2.75, 3.05) is 0 Å². The van der Waals surface area contributed by atoms with Crippen molar-refractivity contribution in [2.24, 2.45) is 0 Å². The molecule has 1 aromatic carbocycles. The number of benzene rings is 1. The number of rotatable bonds is 5. The minimum Gasteiger partial charge on any atom is -0.308 e. The molecule has 5 heteroatoms. The highest BCUT2D eigenvalue weighted by atomic mass is 19.1. The summed E-state index contributed by atoms with van der Waals surface area (Å²) in [6, 6.07) is 8.48. The quantitative estimate of drug-likeness (QED) is 0.893. The Morgan fingerprint density at radius 2 is 2.37 bits per heavy atom. The molecular weight excluding hydrogens is 243 g/mol. The van der Waals surface area contributed by atoms with Crippen LogP contribution in [0.25, 0.3) is 0 Å². The lowest BCUT2D eigenvalue weighted by Gasteiger charge is -2.14. The first-order valence-corrected chi connectivity index (χ1v) is 6.08. The van der Waals surface area contributed by atoms with Crippen LogP contribution >= 0.6 is 0 Å². The molecule has 0 spiro atoms. The Labute approximate surface area is 111 Å². The molecule has 0 bridgehead atoms. The summed E-state index contributed by atoms with van der Waals surface area (Å²) in [5.41, 5.74) is 0.900. The number of halogens is 1. The van der Waals surface area contributed by atoms with E-state index in [1.165, 1.54) is 6.07 Å². The summed E-state index contributed by atoms with van der Waals surface area (Å²) in [6.45, 7) is 3.17. The topological polar surface area (TPSA) is 53.6 Å². The summed E-state index contributed by atoms with van der Waals surface area (Å²) < 4.78 is 15.5. The molecular formula is C14H15FN4. The molecule has 0 amide bonds. The highest BCUT2D eigenvalue weighted by molar-refractivity contribution is 5.32. The van der Waals surface area contributed by atoms with Gasteiger partial charge in [-0.15, -0.1) is 0 Å². The lowest BCUT2D eigenvalue weighted by molar-refractivity contribution is 0.445. The van der Waals surface area contributed by atoms with Gasteiger partial charge in [0, 0.05) is 30.5 Å². The molecule has 0 saturated heterocycles. The molecule has 0 saturated carbocycles. The first-order valence-electron chi connectivity index (χ1n) is 6.08. The number of nitrogens with zero attached hydrogens (tertiary/aromatic N) is 3. The van der Waals surface area contributed by atoms with E-state index in [-0.39, 0.29) is 11.9 Å². The van der Waals surface area contributed by atoms with Gasteiger partial charge in [-0.25, -0.2) is 4.39 Å². The van der Waals surface area contributed by atoms with Gasteiger partial charge in [-0.2, -0.15) is 10.4 Å². The van der Waals surface area contributed by atoms with Crippen LogP contribution in [0.4, 0.5) is 4.39 Å². The van der Waals surface area contributed by atoms with E-state index in [1.807, 2.05) is 29.9 Å². The van der Waals surface area contributed by atoms with Crippen LogP contribution in [0.1, 0.15) is 18.1 Å². The van der Waals surface area contributed by atoms with E-state index in [1.54, 1.807) is 18.3 Å². The standard InChI is InChI=1S/C14H15FN4/c1-11(10-19-6-2-5-18-19)17-9-13-4-3-12(8-16)7-14(13)15/h2-7,11,17H,9-10H2,1H3/t11-/m1/s1. The van der Waals surface area contributed by atoms with Crippen LogP contribution in [0.3, 0.4) is 0 Å². The van der Waals surface area contributed by atoms with Gasteiger partial charge in [0.2, 0.25) is 0 Å². The van der Waals surface area contributed by atoms with Gasteiger partial charge >= 0.3 is 0 Å². The van der Waals surface area contributed by atoms with E-state index in [4.69, 9.17) is 5.26 Å². The van der Waals surface area contributed by atoms with Crippen molar-refractivity contribution in [3.8, 4) is 6.07 Å². The number of hydrogen-bond acceptors (Lipinski definition) is 3. The number of nitriles is 1. The zero-order chi connectivity index (χ0) is 13.7. The normalized spacial score (nSPS) is 12.1. The van der Waals surface area contributed by atoms with Crippen LogP contribution in [-0.4, -0.2) is 15.8 Å². The van der Waals surface area contributed by atoms with Gasteiger partial charge in [-0.3, -0.25) is 4.68 Å². The molecule has 4 nitrogen and oxygen atoms in total. The molecule has 19 heavy (non-hydrogen) atoms. The average molecular weight is 258 g/mol. The summed E-state index contributed by atoms with van der Waals surface area (Å²) >= 11 is 0. The summed E-state index contributed by atoms with van der Waals surface area (Å²) in [5.74, 6) is -0.349. The van der Waals surface area contributed by atoms with E-state index in [2.05, 4.69) is 10.4 Å². The maximum atomic E-state index is 13.7. The molecule has 1 N–H and O–H groups in total. The third-order valence-electron chi connectivity index (χ3n) is 2.84. The number of nitrogens with one attached hydrogen (secondary N) is 1. The molecule has 98 valence electrons. The smallest absolute Gasteiger partial charge is 0.129 e. The second-order valence-electron chi connectivity index (χ2n) is 4.43. The highest BCUT2D eigenvalue weighted by Gasteiger charge is 2.06. The molecule has 1 heterocycles. The Bertz CT molecular complexity index is 572. The molecule has 2 aromatic rings. The van der Waals surface area contributed by atoms with Crippen LogP contribution in [0.15, 0.2) is 36.7 Å². The molecule has 0 aliphatic rings. The van der Waals surface area contributed by atoms with E-state index < -0.39 is 0 Å². The Kier molecular flexibility index (Phi) is 4.26. The highest BCUT2D eigenvalue weighted by Crippen LogP contribution is 2.10. The van der Waals surface area contributed by atoms with Crippen LogP contribution in [0.5, 0.6) is 0 Å². The van der Waals surface area contributed by atoms with Crippen molar-refractivity contribution in [1.82, 2.24) is 15.1 Å². The minimum absolute atomic E-state index is 0.176. The van der Waals surface area contributed by atoms with Gasteiger partial charge in [0.05, 0.1) is 18.2 Å². The van der Waals surface area contributed by atoms with Crippen molar-refractivity contribution in [3.05, 3.63) is 53.6 Å².